The van der Waals surface area contributed by atoms with Gasteiger partial charge in [-0.3, -0.25) is 14.8 Å². The predicted molar refractivity (Wildman–Crippen MR) is 208 cm³/mol. The smallest absolute Gasteiger partial charge is 0.255 e. The first-order valence-corrected chi connectivity index (χ1v) is 18.3. The molecule has 54 heavy (non-hydrogen) atoms. The number of aryl methyl sites for hydroxylation is 1. The van der Waals surface area contributed by atoms with Crippen molar-refractivity contribution in [2.75, 3.05) is 25.0 Å². The topological polar surface area (TPSA) is 134 Å². The number of aromatic nitrogens is 5. The van der Waals surface area contributed by atoms with Crippen LogP contribution in [0.5, 0.6) is 5.88 Å². The lowest BCUT2D eigenvalue weighted by atomic mass is 10.0. The van der Waals surface area contributed by atoms with Crippen molar-refractivity contribution in [3.05, 3.63) is 131 Å². The van der Waals surface area contributed by atoms with Crippen LogP contribution in [0.25, 0.3) is 38.3 Å². The highest BCUT2D eigenvalue weighted by atomic mass is 16.5. The van der Waals surface area contributed by atoms with Gasteiger partial charge in [-0.2, -0.15) is 10.4 Å². The Bertz CT molecular complexity index is 2630. The van der Waals surface area contributed by atoms with Gasteiger partial charge in [0.25, 0.3) is 5.91 Å². The zero-order valence-corrected chi connectivity index (χ0v) is 29.9. The van der Waals surface area contributed by atoms with E-state index in [1.807, 2.05) is 97.9 Å². The van der Waals surface area contributed by atoms with E-state index in [1.165, 1.54) is 5.57 Å². The molecule has 268 valence electrons. The summed E-state index contributed by atoms with van der Waals surface area (Å²) in [7, 11) is 0. The minimum Gasteiger partial charge on any atom is -0.473 e. The predicted octanol–water partition coefficient (Wildman–Crippen LogP) is 7.55. The van der Waals surface area contributed by atoms with Crippen LogP contribution in [0, 0.1) is 18.3 Å². The number of benzene rings is 4. The summed E-state index contributed by atoms with van der Waals surface area (Å²) >= 11 is 0. The highest BCUT2D eigenvalue weighted by molar-refractivity contribution is 6.06. The summed E-state index contributed by atoms with van der Waals surface area (Å²) in [5.41, 5.74) is 8.65. The fourth-order valence-electron chi connectivity index (χ4n) is 7.40. The minimum absolute atomic E-state index is 0.162. The Morgan fingerprint density at radius 3 is 2.72 bits per heavy atom. The zero-order chi connectivity index (χ0) is 36.6. The molecular weight excluding hydrogens is 677 g/mol. The van der Waals surface area contributed by atoms with Gasteiger partial charge in [-0.25, -0.2) is 9.97 Å². The Hall–Kier alpha value is -6.35. The van der Waals surface area contributed by atoms with Crippen LogP contribution in [-0.2, 0) is 24.4 Å². The lowest BCUT2D eigenvalue weighted by Gasteiger charge is -2.29. The molecule has 11 heteroatoms. The van der Waals surface area contributed by atoms with Crippen molar-refractivity contribution in [3.8, 4) is 11.9 Å². The molecule has 0 spiro atoms. The summed E-state index contributed by atoms with van der Waals surface area (Å²) in [6.07, 6.45) is 4.28. The Morgan fingerprint density at radius 2 is 1.91 bits per heavy atom. The van der Waals surface area contributed by atoms with Crippen molar-refractivity contribution in [2.45, 2.75) is 45.6 Å². The number of amides is 1. The summed E-state index contributed by atoms with van der Waals surface area (Å²) in [5.74, 6) is 1.34. The fraction of sp³-hybridized carbons (Fsp3) is 0.233. The normalized spacial score (nSPS) is 15.9. The van der Waals surface area contributed by atoms with Crippen LogP contribution >= 0.6 is 0 Å². The van der Waals surface area contributed by atoms with Crippen molar-refractivity contribution >= 4 is 49.9 Å². The van der Waals surface area contributed by atoms with E-state index in [1.54, 1.807) is 0 Å². The van der Waals surface area contributed by atoms with Gasteiger partial charge in [0.1, 0.15) is 12.4 Å². The first kappa shape index (κ1) is 33.5. The third-order valence-corrected chi connectivity index (χ3v) is 10.5. The second-order valence-corrected chi connectivity index (χ2v) is 13.9. The van der Waals surface area contributed by atoms with Crippen LogP contribution in [0.3, 0.4) is 0 Å². The maximum Gasteiger partial charge on any atom is 0.255 e. The van der Waals surface area contributed by atoms with Gasteiger partial charge in [0.2, 0.25) is 5.88 Å². The number of aromatic amines is 1. The number of rotatable bonds is 10. The number of hydrogen-bond donors (Lipinski definition) is 2. The molecule has 0 unspecified atom stereocenters. The number of nitrogens with zero attached hydrogens (tertiary/aromatic N) is 6. The molecular formula is C43H38N8O3. The van der Waals surface area contributed by atoms with Gasteiger partial charge in [-0.05, 0) is 90.2 Å². The summed E-state index contributed by atoms with van der Waals surface area (Å²) in [6.45, 7) is 6.10. The molecule has 0 aliphatic carbocycles. The van der Waals surface area contributed by atoms with Crippen molar-refractivity contribution in [1.29, 1.82) is 5.26 Å². The number of H-pyrrole nitrogens is 1. The van der Waals surface area contributed by atoms with Crippen LogP contribution in [0.4, 0.5) is 5.69 Å². The van der Waals surface area contributed by atoms with Crippen LogP contribution in [0.15, 0.2) is 97.1 Å². The van der Waals surface area contributed by atoms with E-state index in [0.717, 1.165) is 94.6 Å². The average molecular weight is 715 g/mol. The number of carbonyl (C=O) groups excluding carboxylic acids is 1. The monoisotopic (exact) mass is 714 g/mol. The molecule has 0 radical (unpaired) electrons. The molecule has 2 aliphatic heterocycles. The summed E-state index contributed by atoms with van der Waals surface area (Å²) in [4.78, 5) is 25.7. The average Bonchev–Trinajstić information content (AvgIpc) is 3.73. The second kappa shape index (κ2) is 14.2. The lowest BCUT2D eigenvalue weighted by molar-refractivity contribution is -0.0591. The molecule has 4 aromatic carbocycles. The Morgan fingerprint density at radius 1 is 1.02 bits per heavy atom. The molecule has 0 bridgehead atoms. The second-order valence-electron chi connectivity index (χ2n) is 13.9. The van der Waals surface area contributed by atoms with E-state index in [2.05, 4.69) is 37.1 Å². The first-order chi connectivity index (χ1) is 26.5. The third kappa shape index (κ3) is 6.58. The van der Waals surface area contributed by atoms with Gasteiger partial charge in [-0.15, -0.1) is 0 Å². The standard InChI is InChI=1S/C43H38N8O3/c1-27-36-22-32(12-13-38(36)49-48-27)45-43(52)29-11-14-40-39(21-29)46-41(51(40)24-33-17-20-53-33)25-50-18-15-28(16-19-50)37-7-4-8-42(47-37)54-26-31-10-9-30(23-44)34-5-2-3-6-35(31)34/h2-15,21-22,33H,16-20,24-26H2,1H3,(H,45,52)(H,48,49)/t33-/m0/s1. The number of carbonyl (C=O) groups is 1. The minimum atomic E-state index is -0.185. The maximum atomic E-state index is 13.4. The van der Waals surface area contributed by atoms with E-state index in [9.17, 15) is 10.1 Å². The van der Waals surface area contributed by atoms with E-state index in [4.69, 9.17) is 19.4 Å². The van der Waals surface area contributed by atoms with Gasteiger partial charge < -0.3 is 19.4 Å². The van der Waals surface area contributed by atoms with Gasteiger partial charge in [-0.1, -0.05) is 42.5 Å². The lowest BCUT2D eigenvalue weighted by Crippen LogP contribution is -2.33. The van der Waals surface area contributed by atoms with E-state index in [0.29, 0.717) is 35.8 Å². The molecule has 1 saturated heterocycles. The third-order valence-electron chi connectivity index (χ3n) is 10.5. The number of anilines is 1. The highest BCUT2D eigenvalue weighted by Crippen LogP contribution is 2.28. The van der Waals surface area contributed by atoms with Crippen LogP contribution < -0.4 is 10.1 Å². The van der Waals surface area contributed by atoms with Crippen molar-refractivity contribution in [3.63, 3.8) is 0 Å². The molecule has 3 aromatic heterocycles. The van der Waals surface area contributed by atoms with Crippen molar-refractivity contribution < 1.29 is 14.3 Å². The van der Waals surface area contributed by atoms with Gasteiger partial charge in [0.15, 0.2) is 0 Å². The van der Waals surface area contributed by atoms with Crippen LogP contribution in [-0.4, -0.2) is 61.3 Å². The summed E-state index contributed by atoms with van der Waals surface area (Å²) < 4.78 is 14.3. The number of fused-ring (bicyclic) bond motifs is 3. The number of pyridine rings is 1. The molecule has 5 heterocycles. The highest BCUT2D eigenvalue weighted by Gasteiger charge is 2.24. The molecule has 9 rings (SSSR count). The van der Waals surface area contributed by atoms with Crippen LogP contribution in [0.2, 0.25) is 0 Å². The number of ether oxygens (including phenoxy) is 2. The molecule has 7 aromatic rings. The summed E-state index contributed by atoms with van der Waals surface area (Å²) in [5, 5.41) is 22.8. The molecule has 0 saturated carbocycles. The molecule has 1 fully saturated rings. The molecule has 1 atom stereocenters. The number of hydrogen-bond acceptors (Lipinski definition) is 8. The molecule has 1 amide bonds. The maximum absolute atomic E-state index is 13.4. The Labute approximate surface area is 311 Å². The fourth-order valence-corrected chi connectivity index (χ4v) is 7.40. The Kier molecular flexibility index (Phi) is 8.82. The first-order valence-electron chi connectivity index (χ1n) is 18.3. The summed E-state index contributed by atoms with van der Waals surface area (Å²) in [6, 6.07) is 31.4. The SMILES string of the molecule is Cc1n[nH]c2ccc(NC(=O)c3ccc4c(c3)nc(CN3CC=C(c5cccc(OCc6ccc(C#N)c7ccccc67)n5)CC3)n4C[C@@H]3CCO3)cc12. The number of nitrogens with one attached hydrogen (secondary N) is 2. The van der Waals surface area contributed by atoms with Gasteiger partial charge in [0.05, 0.1) is 58.8 Å². The van der Waals surface area contributed by atoms with Crippen molar-refractivity contribution in [2.24, 2.45) is 0 Å². The Balaban J connectivity index is 0.892. The molecule has 11 nitrogen and oxygen atoms in total. The van der Waals surface area contributed by atoms with Crippen molar-refractivity contribution in [1.82, 2.24) is 29.6 Å². The zero-order valence-electron chi connectivity index (χ0n) is 29.9. The molecule has 2 N–H and O–H groups in total. The van der Waals surface area contributed by atoms with Gasteiger partial charge in [0, 0.05) is 42.4 Å². The van der Waals surface area contributed by atoms with Gasteiger partial charge >= 0.3 is 0 Å². The largest absolute Gasteiger partial charge is 0.473 e. The quantitative estimate of drug-likeness (QED) is 0.148. The number of nitriles is 1. The number of imidazole rings is 1. The van der Waals surface area contributed by atoms with E-state index < -0.39 is 0 Å². The van der Waals surface area contributed by atoms with E-state index in [-0.39, 0.29) is 12.0 Å². The molecule has 2 aliphatic rings. The van der Waals surface area contributed by atoms with Crippen LogP contribution in [0.1, 0.15) is 51.5 Å². The van der Waals surface area contributed by atoms with E-state index >= 15 is 0 Å².